The van der Waals surface area contributed by atoms with E-state index in [1.807, 2.05) is 0 Å². The van der Waals surface area contributed by atoms with E-state index in [-0.39, 0.29) is 30.6 Å². The highest BCUT2D eigenvalue weighted by Gasteiger charge is 2.14. The van der Waals surface area contributed by atoms with Crippen LogP contribution >= 0.6 is 0 Å². The highest BCUT2D eigenvalue weighted by atomic mass is 19.1. The Balaban J connectivity index is 1.58. The molecule has 4 aromatic rings. The van der Waals surface area contributed by atoms with E-state index >= 15 is 0 Å². The van der Waals surface area contributed by atoms with Gasteiger partial charge in [-0.2, -0.15) is 4.98 Å². The predicted molar refractivity (Wildman–Crippen MR) is 127 cm³/mol. The predicted octanol–water partition coefficient (Wildman–Crippen LogP) is 2.72. The number of halogens is 1. The van der Waals surface area contributed by atoms with Crippen LogP contribution < -0.4 is 21.4 Å². The Morgan fingerprint density at radius 2 is 1.72 bits per heavy atom. The van der Waals surface area contributed by atoms with Crippen LogP contribution in [0.4, 0.5) is 16.0 Å². The molecule has 0 amide bonds. The van der Waals surface area contributed by atoms with E-state index in [0.717, 1.165) is 4.57 Å². The number of nitrogens with one attached hydrogen (secondary N) is 1. The number of hydrogen-bond acceptors (Lipinski definition) is 9. The average molecular weight is 492 g/mol. The molecule has 2 aromatic carbocycles. The van der Waals surface area contributed by atoms with Crippen LogP contribution in [0.25, 0.3) is 0 Å². The molecule has 36 heavy (non-hydrogen) atoms. The smallest absolute Gasteiger partial charge is 0.358 e. The zero-order chi connectivity index (χ0) is 25.7. The Kier molecular flexibility index (Phi) is 7.14. The molecule has 0 saturated heterocycles. The van der Waals surface area contributed by atoms with Gasteiger partial charge in [0, 0.05) is 12.2 Å². The maximum atomic E-state index is 13.3. The number of ether oxygens (including phenoxy) is 2. The fourth-order valence-electron chi connectivity index (χ4n) is 3.27. The summed E-state index contributed by atoms with van der Waals surface area (Å²) in [5.41, 5.74) is -0.0631. The van der Waals surface area contributed by atoms with Gasteiger partial charge < -0.3 is 14.8 Å². The van der Waals surface area contributed by atoms with Crippen LogP contribution in [0, 0.1) is 5.82 Å². The molecule has 2 aromatic heterocycles. The van der Waals surface area contributed by atoms with Gasteiger partial charge >= 0.3 is 17.3 Å². The van der Waals surface area contributed by atoms with E-state index in [1.165, 1.54) is 36.2 Å². The molecule has 2 heterocycles. The van der Waals surface area contributed by atoms with E-state index in [2.05, 4.69) is 25.0 Å². The molecule has 11 nitrogen and oxygen atoms in total. The molecule has 0 atom stereocenters. The molecule has 184 valence electrons. The van der Waals surface area contributed by atoms with Crippen LogP contribution in [0.5, 0.6) is 11.6 Å². The van der Waals surface area contributed by atoms with Gasteiger partial charge in [-0.1, -0.05) is 12.1 Å². The van der Waals surface area contributed by atoms with Crippen LogP contribution in [0.15, 0.2) is 70.5 Å². The molecule has 0 aliphatic heterocycles. The topological polar surface area (TPSA) is 130 Å². The van der Waals surface area contributed by atoms with Crippen LogP contribution in [-0.2, 0) is 17.8 Å². The van der Waals surface area contributed by atoms with Gasteiger partial charge in [0.05, 0.1) is 26.0 Å². The van der Waals surface area contributed by atoms with Gasteiger partial charge in [0.2, 0.25) is 11.8 Å². The summed E-state index contributed by atoms with van der Waals surface area (Å²) < 4.78 is 25.9. The summed E-state index contributed by atoms with van der Waals surface area (Å²) in [5.74, 6) is -0.515. The van der Waals surface area contributed by atoms with E-state index < -0.39 is 23.2 Å². The van der Waals surface area contributed by atoms with Crippen molar-refractivity contribution in [3.05, 3.63) is 99.0 Å². The number of carbonyl (C=O) groups is 1. The van der Waals surface area contributed by atoms with Gasteiger partial charge in [0.1, 0.15) is 11.6 Å². The van der Waals surface area contributed by atoms with Crippen molar-refractivity contribution in [2.45, 2.75) is 20.0 Å². The second-order valence-corrected chi connectivity index (χ2v) is 7.44. The maximum Gasteiger partial charge on any atom is 0.358 e. The summed E-state index contributed by atoms with van der Waals surface area (Å²) in [5, 5.41) is 2.98. The lowest BCUT2D eigenvalue weighted by molar-refractivity contribution is 0.0592. The van der Waals surface area contributed by atoms with Crippen molar-refractivity contribution in [3.63, 3.8) is 0 Å². The van der Waals surface area contributed by atoms with Crippen molar-refractivity contribution in [1.29, 1.82) is 0 Å². The first-order valence-electron chi connectivity index (χ1n) is 10.8. The summed E-state index contributed by atoms with van der Waals surface area (Å²) >= 11 is 0. The van der Waals surface area contributed by atoms with E-state index in [0.29, 0.717) is 17.0 Å². The Labute approximate surface area is 203 Å². The first-order chi connectivity index (χ1) is 17.4. The molecule has 0 unspecified atom stereocenters. The minimum atomic E-state index is -0.690. The lowest BCUT2D eigenvalue weighted by atomic mass is 10.2. The van der Waals surface area contributed by atoms with Crippen molar-refractivity contribution < 1.29 is 18.7 Å². The normalized spacial score (nSPS) is 10.6. The summed E-state index contributed by atoms with van der Waals surface area (Å²) in [7, 11) is 1.24. The number of aromatic nitrogens is 5. The van der Waals surface area contributed by atoms with E-state index in [1.54, 1.807) is 43.3 Å². The van der Waals surface area contributed by atoms with Crippen LogP contribution in [-0.4, -0.2) is 37.2 Å². The van der Waals surface area contributed by atoms with Gasteiger partial charge in [-0.15, -0.1) is 0 Å². The molecule has 12 heteroatoms. The molecule has 0 radical (unpaired) electrons. The molecule has 0 fully saturated rings. The molecular weight excluding hydrogens is 471 g/mol. The fourth-order valence-corrected chi connectivity index (χ4v) is 3.27. The first kappa shape index (κ1) is 24.3. The van der Waals surface area contributed by atoms with Gasteiger partial charge in [0.25, 0.3) is 0 Å². The standard InChI is InChI=1S/C24H21FN6O5/c1-3-30-23(33)29-22(31(24(30)34)14-15-4-6-16(25)7-5-15)27-17-8-10-18(11-9-17)36-20-13-26-12-19(28-20)21(32)35-2/h4-13H,3,14H2,1-2H3,(H,27,29,33). The minimum absolute atomic E-state index is 0.000278. The SMILES string of the molecule is CCn1c(=O)nc(Nc2ccc(Oc3cncc(C(=O)OC)n3)cc2)n(Cc2ccc(F)cc2)c1=O. The second kappa shape index (κ2) is 10.6. The number of rotatable bonds is 8. The summed E-state index contributed by atoms with van der Waals surface area (Å²) in [4.78, 5) is 48.9. The summed E-state index contributed by atoms with van der Waals surface area (Å²) in [6, 6.07) is 12.2. The second-order valence-electron chi connectivity index (χ2n) is 7.44. The lowest BCUT2D eigenvalue weighted by Crippen LogP contribution is -2.42. The third kappa shape index (κ3) is 5.43. The van der Waals surface area contributed by atoms with Crippen molar-refractivity contribution >= 4 is 17.6 Å². The van der Waals surface area contributed by atoms with Gasteiger partial charge in [-0.3, -0.25) is 9.55 Å². The Hall–Kier alpha value is -4.87. The number of hydrogen-bond donors (Lipinski definition) is 1. The largest absolute Gasteiger partial charge is 0.464 e. The van der Waals surface area contributed by atoms with Crippen molar-refractivity contribution in [1.82, 2.24) is 24.1 Å². The third-order valence-corrected chi connectivity index (χ3v) is 5.06. The number of benzene rings is 2. The van der Waals surface area contributed by atoms with Crippen LogP contribution in [0.3, 0.4) is 0 Å². The summed E-state index contributed by atoms with van der Waals surface area (Å²) in [6.45, 7) is 1.90. The molecule has 4 rings (SSSR count). The highest BCUT2D eigenvalue weighted by Crippen LogP contribution is 2.23. The van der Waals surface area contributed by atoms with Crippen LogP contribution in [0.1, 0.15) is 23.0 Å². The van der Waals surface area contributed by atoms with Gasteiger partial charge in [-0.25, -0.2) is 28.3 Å². The molecule has 0 aliphatic carbocycles. The third-order valence-electron chi connectivity index (χ3n) is 5.06. The van der Waals surface area contributed by atoms with Crippen molar-refractivity contribution in [2.75, 3.05) is 12.4 Å². The van der Waals surface area contributed by atoms with E-state index in [4.69, 9.17) is 4.74 Å². The Morgan fingerprint density at radius 1 is 1.00 bits per heavy atom. The molecule has 0 spiro atoms. The zero-order valence-corrected chi connectivity index (χ0v) is 19.3. The van der Waals surface area contributed by atoms with Gasteiger partial charge in [0.15, 0.2) is 5.69 Å². The van der Waals surface area contributed by atoms with Crippen molar-refractivity contribution in [3.8, 4) is 11.6 Å². The van der Waals surface area contributed by atoms with Crippen LogP contribution in [0.2, 0.25) is 0 Å². The molecule has 0 aliphatic rings. The Bertz CT molecular complexity index is 1500. The molecule has 0 saturated carbocycles. The number of anilines is 2. The first-order valence-corrected chi connectivity index (χ1v) is 10.8. The number of carbonyl (C=O) groups excluding carboxylic acids is 1. The summed E-state index contributed by atoms with van der Waals surface area (Å²) in [6.07, 6.45) is 2.61. The average Bonchev–Trinajstić information content (AvgIpc) is 2.88. The minimum Gasteiger partial charge on any atom is -0.464 e. The number of methoxy groups -OCH3 is 1. The van der Waals surface area contributed by atoms with Crippen molar-refractivity contribution in [2.24, 2.45) is 0 Å². The fraction of sp³-hybridized carbons (Fsp3) is 0.167. The lowest BCUT2D eigenvalue weighted by Gasteiger charge is -2.15. The quantitative estimate of drug-likeness (QED) is 0.369. The molecule has 0 bridgehead atoms. The number of nitrogens with zero attached hydrogens (tertiary/aromatic N) is 5. The monoisotopic (exact) mass is 492 g/mol. The van der Waals surface area contributed by atoms with Gasteiger partial charge in [-0.05, 0) is 48.9 Å². The number of esters is 1. The molecular formula is C24H21FN6O5. The maximum absolute atomic E-state index is 13.3. The highest BCUT2D eigenvalue weighted by molar-refractivity contribution is 5.86. The Morgan fingerprint density at radius 3 is 2.39 bits per heavy atom. The zero-order valence-electron chi connectivity index (χ0n) is 19.3. The van der Waals surface area contributed by atoms with E-state index in [9.17, 15) is 18.8 Å². The molecule has 1 N–H and O–H groups in total.